The fraction of sp³-hybridized carbons (Fsp3) is 0.800. The predicted molar refractivity (Wildman–Crippen MR) is 144 cm³/mol. The summed E-state index contributed by atoms with van der Waals surface area (Å²) >= 11 is 0. The Kier molecular flexibility index (Phi) is 10.5. The second-order valence-corrected chi connectivity index (χ2v) is 14.0. The summed E-state index contributed by atoms with van der Waals surface area (Å²) in [5.41, 5.74) is -7.20. The molecule has 2 bridgehead atoms. The smallest absolute Gasteiger partial charge is 0.460 e. The van der Waals surface area contributed by atoms with Gasteiger partial charge in [-0.2, -0.15) is 61.5 Å². The zero-order valence-corrected chi connectivity index (χ0v) is 28.2. The number of hydrogen-bond acceptors (Lipinski definition) is 10. The molecular formula is C30H30F14O10. The van der Waals surface area contributed by atoms with Gasteiger partial charge in [-0.25, -0.2) is 9.59 Å². The van der Waals surface area contributed by atoms with E-state index in [1.54, 1.807) is 13.8 Å². The molecule has 308 valence electrons. The van der Waals surface area contributed by atoms with E-state index in [1.165, 1.54) is 6.92 Å². The van der Waals surface area contributed by atoms with E-state index in [-0.39, 0.29) is 17.9 Å². The first-order chi connectivity index (χ1) is 24.2. The van der Waals surface area contributed by atoms with Crippen LogP contribution in [0.2, 0.25) is 0 Å². The van der Waals surface area contributed by atoms with E-state index >= 15 is 0 Å². The van der Waals surface area contributed by atoms with E-state index in [9.17, 15) is 80.6 Å². The Morgan fingerprint density at radius 2 is 1.31 bits per heavy atom. The van der Waals surface area contributed by atoms with Crippen LogP contribution in [0.15, 0.2) is 11.6 Å². The maximum Gasteiger partial charge on any atom is 0.460 e. The van der Waals surface area contributed by atoms with Gasteiger partial charge >= 0.3 is 59.9 Å². The molecule has 0 aromatic heterocycles. The van der Waals surface area contributed by atoms with Crippen LogP contribution < -0.4 is 0 Å². The minimum absolute atomic E-state index is 0.112. The maximum absolute atomic E-state index is 14.7. The normalized spacial score (nSPS) is 32.8. The van der Waals surface area contributed by atoms with Crippen LogP contribution in [0.3, 0.4) is 0 Å². The number of alkyl halides is 14. The van der Waals surface area contributed by atoms with E-state index in [0.717, 1.165) is 19.9 Å². The van der Waals surface area contributed by atoms with E-state index in [4.69, 9.17) is 18.9 Å². The van der Waals surface area contributed by atoms with Crippen molar-refractivity contribution < 1.29 is 109 Å². The van der Waals surface area contributed by atoms with Crippen LogP contribution in [-0.4, -0.2) is 109 Å². The van der Waals surface area contributed by atoms with Crippen molar-refractivity contribution in [3.63, 3.8) is 0 Å². The van der Waals surface area contributed by atoms with Gasteiger partial charge < -0.3 is 28.4 Å². The molecule has 0 aromatic carbocycles. The number of carbonyl (C=O) groups is 4. The second kappa shape index (κ2) is 13.1. The number of hydrogen-bond donors (Lipinski definition) is 0. The molecule has 2 heterocycles. The van der Waals surface area contributed by atoms with Crippen molar-refractivity contribution >= 4 is 23.9 Å². The summed E-state index contributed by atoms with van der Waals surface area (Å²) in [5, 5.41) is 0. The highest BCUT2D eigenvalue weighted by Gasteiger charge is 2.89. The highest BCUT2D eigenvalue weighted by Crippen LogP contribution is 2.73. The zero-order chi connectivity index (χ0) is 41.6. The average Bonchev–Trinajstić information content (AvgIpc) is 3.79. The monoisotopic (exact) mass is 816 g/mol. The Morgan fingerprint density at radius 3 is 1.74 bits per heavy atom. The molecule has 2 aliphatic carbocycles. The van der Waals surface area contributed by atoms with Crippen LogP contribution in [0, 0.1) is 16.7 Å². The Hall–Kier alpha value is -3.44. The molecule has 0 N–H and O–H groups in total. The van der Waals surface area contributed by atoms with Gasteiger partial charge in [0, 0.05) is 19.8 Å². The van der Waals surface area contributed by atoms with E-state index < -0.39 is 127 Å². The Bertz CT molecular complexity index is 1570. The summed E-state index contributed by atoms with van der Waals surface area (Å²) in [7, 11) is 0. The van der Waals surface area contributed by atoms with Crippen LogP contribution in [-0.2, 0) is 47.6 Å². The summed E-state index contributed by atoms with van der Waals surface area (Å²) in [6, 6.07) is 0. The third-order valence-corrected chi connectivity index (χ3v) is 10.2. The lowest BCUT2D eigenvalue weighted by molar-refractivity contribution is -0.351. The van der Waals surface area contributed by atoms with Gasteiger partial charge in [0.05, 0.1) is 23.5 Å². The van der Waals surface area contributed by atoms with Crippen LogP contribution in [0.4, 0.5) is 61.5 Å². The Morgan fingerprint density at radius 1 is 0.833 bits per heavy atom. The minimum atomic E-state index is -7.22. The average molecular weight is 817 g/mol. The van der Waals surface area contributed by atoms with Crippen molar-refractivity contribution in [1.29, 1.82) is 0 Å². The number of carbonyl (C=O) groups excluding carboxylic acids is 4. The molecule has 2 aliphatic heterocycles. The summed E-state index contributed by atoms with van der Waals surface area (Å²) in [6.45, 7) is 4.33. The maximum atomic E-state index is 14.7. The van der Waals surface area contributed by atoms with Crippen LogP contribution in [0.5, 0.6) is 0 Å². The quantitative estimate of drug-likeness (QED) is 0.0820. The third-order valence-electron chi connectivity index (χ3n) is 10.2. The molecule has 8 unspecified atom stereocenters. The highest BCUT2D eigenvalue weighted by molar-refractivity contribution is 5.81. The first-order valence-electron chi connectivity index (χ1n) is 15.6. The first-order valence-corrected chi connectivity index (χ1v) is 15.6. The molecule has 0 amide bonds. The van der Waals surface area contributed by atoms with Gasteiger partial charge in [-0.3, -0.25) is 9.59 Å². The molecule has 4 aliphatic rings. The lowest BCUT2D eigenvalue weighted by atomic mass is 9.51. The lowest BCUT2D eigenvalue weighted by Crippen LogP contribution is -2.68. The predicted octanol–water partition coefficient (Wildman–Crippen LogP) is 5.89. The molecule has 1 spiro atoms. The van der Waals surface area contributed by atoms with E-state index in [0.29, 0.717) is 0 Å². The van der Waals surface area contributed by atoms with Crippen molar-refractivity contribution in [1.82, 2.24) is 0 Å². The van der Waals surface area contributed by atoms with Crippen molar-refractivity contribution in [2.24, 2.45) is 16.7 Å². The minimum Gasteiger partial charge on any atom is -0.465 e. The second-order valence-electron chi connectivity index (χ2n) is 14.0. The van der Waals surface area contributed by atoms with Crippen molar-refractivity contribution in [3.8, 4) is 0 Å². The third kappa shape index (κ3) is 6.25. The first kappa shape index (κ1) is 43.3. The molecule has 0 aromatic rings. The van der Waals surface area contributed by atoms with Crippen molar-refractivity contribution in [2.75, 3.05) is 13.2 Å². The molecular weight excluding hydrogens is 786 g/mol. The molecule has 3 fully saturated rings. The largest absolute Gasteiger partial charge is 0.465 e. The molecule has 10 nitrogen and oxygen atoms in total. The number of halogens is 14. The summed E-state index contributed by atoms with van der Waals surface area (Å²) in [6.07, 6.45) is -25.8. The van der Waals surface area contributed by atoms with Gasteiger partial charge in [-0.05, 0) is 18.4 Å². The fourth-order valence-electron chi connectivity index (χ4n) is 7.18. The van der Waals surface area contributed by atoms with Gasteiger partial charge in [0.2, 0.25) is 0 Å². The number of ether oxygens (including phenoxy) is 6. The van der Waals surface area contributed by atoms with Crippen molar-refractivity contribution in [3.05, 3.63) is 11.6 Å². The molecule has 1 saturated carbocycles. The van der Waals surface area contributed by atoms with E-state index in [2.05, 4.69) is 9.47 Å². The molecule has 24 heteroatoms. The van der Waals surface area contributed by atoms with E-state index in [1.807, 2.05) is 0 Å². The fourth-order valence-corrected chi connectivity index (χ4v) is 7.18. The molecule has 2 saturated heterocycles. The van der Waals surface area contributed by atoms with Crippen LogP contribution in [0.25, 0.3) is 0 Å². The number of epoxide rings is 1. The number of fused-ring (bicyclic) bond motifs is 2. The number of rotatable bonds is 11. The van der Waals surface area contributed by atoms with Crippen LogP contribution in [0.1, 0.15) is 47.5 Å². The topological polar surface area (TPSA) is 127 Å². The lowest BCUT2D eigenvalue weighted by Gasteiger charge is -2.58. The molecule has 8 atom stereocenters. The molecule has 54 heavy (non-hydrogen) atoms. The Balaban J connectivity index is 1.95. The SMILES string of the molecule is CC(=O)OCC12CC(OC(=O)CC(C)C)C(C)=CC1OC1C(OC(=O)C(F)(F)C(F)(F)C(F)(F)F)C(OC(=O)C(F)(F)C(F)(F)C(F)(F)F)C2(C)C12CO2. The zero-order valence-electron chi connectivity index (χ0n) is 28.2. The summed E-state index contributed by atoms with van der Waals surface area (Å²) in [5.74, 6) is -38.0. The summed E-state index contributed by atoms with van der Waals surface area (Å²) < 4.78 is 223. The summed E-state index contributed by atoms with van der Waals surface area (Å²) in [4.78, 5) is 50.1. The van der Waals surface area contributed by atoms with Gasteiger partial charge in [0.15, 0.2) is 12.2 Å². The Labute approximate surface area is 294 Å². The van der Waals surface area contributed by atoms with Gasteiger partial charge in [-0.15, -0.1) is 0 Å². The van der Waals surface area contributed by atoms with Gasteiger partial charge in [0.1, 0.15) is 24.4 Å². The van der Waals surface area contributed by atoms with Crippen LogP contribution >= 0.6 is 0 Å². The van der Waals surface area contributed by atoms with Gasteiger partial charge in [-0.1, -0.05) is 26.8 Å². The van der Waals surface area contributed by atoms with Gasteiger partial charge in [0.25, 0.3) is 0 Å². The number of esters is 4. The van der Waals surface area contributed by atoms with Crippen molar-refractivity contribution in [2.45, 2.75) is 120 Å². The standard InChI is InChI=1S/C30H30F14O10/c1-11(2)6-16(46)51-14-8-23(9-49-13(4)45)15(7-12(14)3)52-19-17(53-20(47)25(31,32)27(35,36)29(39,40)41)18(22(23,5)24(19)10-50-24)54-21(48)26(33,34)28(37,38)30(42,43)44/h7,11,14-15,17-19H,6,8-10H2,1-5H3. The molecule has 4 rings (SSSR count). The molecule has 0 radical (unpaired) electrons. The highest BCUT2D eigenvalue weighted by atomic mass is 19.4.